The van der Waals surface area contributed by atoms with E-state index in [2.05, 4.69) is 11.4 Å². The van der Waals surface area contributed by atoms with E-state index in [9.17, 15) is 4.39 Å². The fraction of sp³-hybridized carbons (Fsp3) is 0.188. The third-order valence-corrected chi connectivity index (χ3v) is 2.99. The molecule has 0 radical (unpaired) electrons. The van der Waals surface area contributed by atoms with Crippen LogP contribution in [0.1, 0.15) is 18.0 Å². The maximum absolute atomic E-state index is 13.7. The van der Waals surface area contributed by atoms with E-state index in [1.807, 2.05) is 30.3 Å². The monoisotopic (exact) mass is 270 g/mol. The lowest BCUT2D eigenvalue weighted by Crippen LogP contribution is -2.10. The van der Waals surface area contributed by atoms with Gasteiger partial charge in [0.05, 0.1) is 25.6 Å². The third-order valence-electron chi connectivity index (χ3n) is 2.99. The molecule has 0 spiro atoms. The van der Waals surface area contributed by atoms with Crippen molar-refractivity contribution >= 4 is 5.69 Å². The third kappa shape index (κ3) is 3.27. The first kappa shape index (κ1) is 13.9. The number of hydrogen-bond donors (Lipinski definition) is 1. The van der Waals surface area contributed by atoms with E-state index in [0.717, 1.165) is 5.56 Å². The molecule has 0 amide bonds. The molecule has 0 aromatic heterocycles. The van der Waals surface area contributed by atoms with Crippen molar-refractivity contribution < 1.29 is 9.13 Å². The lowest BCUT2D eigenvalue weighted by Gasteiger charge is -2.18. The lowest BCUT2D eigenvalue weighted by atomic mass is 10.0. The SMILES string of the molecule is COc1ccc(NC(CC#N)c2ccccc2)cc1F. The van der Waals surface area contributed by atoms with Crippen LogP contribution in [0.5, 0.6) is 5.75 Å². The largest absolute Gasteiger partial charge is 0.494 e. The Kier molecular flexibility index (Phi) is 4.56. The number of nitrogens with one attached hydrogen (secondary N) is 1. The predicted octanol–water partition coefficient (Wildman–Crippen LogP) is 3.90. The Hall–Kier alpha value is -2.54. The van der Waals surface area contributed by atoms with Crippen molar-refractivity contribution in [3.8, 4) is 11.8 Å². The topological polar surface area (TPSA) is 45.0 Å². The second kappa shape index (κ2) is 6.58. The van der Waals surface area contributed by atoms with Crippen LogP contribution in [0.4, 0.5) is 10.1 Å². The van der Waals surface area contributed by atoms with Crippen molar-refractivity contribution in [3.63, 3.8) is 0 Å². The van der Waals surface area contributed by atoms with E-state index in [4.69, 9.17) is 10.00 Å². The number of rotatable bonds is 5. The summed E-state index contributed by atoms with van der Waals surface area (Å²) in [5.74, 6) is -0.228. The fourth-order valence-electron chi connectivity index (χ4n) is 1.99. The Morgan fingerprint density at radius 3 is 2.60 bits per heavy atom. The van der Waals surface area contributed by atoms with Crippen molar-refractivity contribution in [2.45, 2.75) is 12.5 Å². The molecule has 20 heavy (non-hydrogen) atoms. The number of ether oxygens (including phenoxy) is 1. The average Bonchev–Trinajstić information content (AvgIpc) is 2.48. The van der Waals surface area contributed by atoms with Gasteiger partial charge in [-0.2, -0.15) is 5.26 Å². The highest BCUT2D eigenvalue weighted by molar-refractivity contribution is 5.49. The number of halogens is 1. The van der Waals surface area contributed by atoms with Gasteiger partial charge in [-0.25, -0.2) is 4.39 Å². The van der Waals surface area contributed by atoms with Crippen molar-refractivity contribution in [1.82, 2.24) is 0 Å². The molecule has 0 aliphatic heterocycles. The number of hydrogen-bond acceptors (Lipinski definition) is 3. The van der Waals surface area contributed by atoms with Gasteiger partial charge in [0.1, 0.15) is 0 Å². The summed E-state index contributed by atoms with van der Waals surface area (Å²) in [6.45, 7) is 0. The van der Waals surface area contributed by atoms with Crippen molar-refractivity contribution in [2.24, 2.45) is 0 Å². The van der Waals surface area contributed by atoms with E-state index < -0.39 is 5.82 Å². The smallest absolute Gasteiger partial charge is 0.167 e. The molecular weight excluding hydrogens is 255 g/mol. The number of nitriles is 1. The van der Waals surface area contributed by atoms with E-state index in [1.54, 1.807) is 12.1 Å². The summed E-state index contributed by atoms with van der Waals surface area (Å²) in [6, 6.07) is 16.3. The van der Waals surface area contributed by atoms with Gasteiger partial charge in [-0.3, -0.25) is 0 Å². The molecule has 0 saturated heterocycles. The van der Waals surface area contributed by atoms with Gasteiger partial charge in [0.25, 0.3) is 0 Å². The molecule has 2 aromatic carbocycles. The highest BCUT2D eigenvalue weighted by atomic mass is 19.1. The minimum Gasteiger partial charge on any atom is -0.494 e. The predicted molar refractivity (Wildman–Crippen MR) is 76.0 cm³/mol. The standard InChI is InChI=1S/C16H15FN2O/c1-20-16-8-7-13(11-14(16)17)19-15(9-10-18)12-5-3-2-4-6-12/h2-8,11,15,19H,9H2,1H3. The fourth-order valence-corrected chi connectivity index (χ4v) is 1.99. The summed E-state index contributed by atoms with van der Waals surface area (Å²) >= 11 is 0. The van der Waals surface area contributed by atoms with Gasteiger partial charge in [0.15, 0.2) is 11.6 Å². The summed E-state index contributed by atoms with van der Waals surface area (Å²) in [7, 11) is 1.42. The van der Waals surface area contributed by atoms with Crippen LogP contribution in [-0.2, 0) is 0 Å². The van der Waals surface area contributed by atoms with Crippen LogP contribution >= 0.6 is 0 Å². The van der Waals surface area contributed by atoms with Crippen molar-refractivity contribution in [1.29, 1.82) is 5.26 Å². The molecule has 2 aromatic rings. The quantitative estimate of drug-likeness (QED) is 0.896. The zero-order chi connectivity index (χ0) is 14.4. The van der Waals surface area contributed by atoms with Gasteiger partial charge in [0.2, 0.25) is 0 Å². The van der Waals surface area contributed by atoms with Crippen LogP contribution < -0.4 is 10.1 Å². The highest BCUT2D eigenvalue weighted by Gasteiger charge is 2.12. The van der Waals surface area contributed by atoms with Crippen LogP contribution in [0.3, 0.4) is 0 Å². The van der Waals surface area contributed by atoms with Crippen LogP contribution in [0.25, 0.3) is 0 Å². The summed E-state index contributed by atoms with van der Waals surface area (Å²) < 4.78 is 18.5. The van der Waals surface area contributed by atoms with Gasteiger partial charge in [-0.1, -0.05) is 30.3 Å². The van der Waals surface area contributed by atoms with E-state index >= 15 is 0 Å². The van der Waals surface area contributed by atoms with Gasteiger partial charge in [0, 0.05) is 11.8 Å². The minimum absolute atomic E-state index is 0.172. The minimum atomic E-state index is -0.429. The molecule has 2 rings (SSSR count). The van der Waals surface area contributed by atoms with E-state index in [0.29, 0.717) is 12.1 Å². The first-order chi connectivity index (χ1) is 9.74. The van der Waals surface area contributed by atoms with Gasteiger partial charge >= 0.3 is 0 Å². The van der Waals surface area contributed by atoms with E-state index in [-0.39, 0.29) is 11.8 Å². The number of benzene rings is 2. The molecule has 0 heterocycles. The van der Waals surface area contributed by atoms with Crippen molar-refractivity contribution in [2.75, 3.05) is 12.4 Å². The molecular formula is C16H15FN2O. The summed E-state index contributed by atoms with van der Waals surface area (Å²) in [4.78, 5) is 0. The van der Waals surface area contributed by atoms with Gasteiger partial charge in [-0.05, 0) is 17.7 Å². The number of anilines is 1. The van der Waals surface area contributed by atoms with Crippen LogP contribution in [0.2, 0.25) is 0 Å². The molecule has 102 valence electrons. The molecule has 0 saturated carbocycles. The Balaban J connectivity index is 2.21. The summed E-state index contributed by atoms with van der Waals surface area (Å²) in [5, 5.41) is 12.1. The second-order valence-corrected chi connectivity index (χ2v) is 4.32. The second-order valence-electron chi connectivity index (χ2n) is 4.32. The van der Waals surface area contributed by atoms with Gasteiger partial charge in [-0.15, -0.1) is 0 Å². The molecule has 0 fully saturated rings. The molecule has 0 aliphatic rings. The molecule has 0 bridgehead atoms. The number of nitrogens with zero attached hydrogens (tertiary/aromatic N) is 1. The average molecular weight is 270 g/mol. The van der Waals surface area contributed by atoms with E-state index in [1.165, 1.54) is 13.2 Å². The maximum Gasteiger partial charge on any atom is 0.167 e. The Morgan fingerprint density at radius 2 is 2.00 bits per heavy atom. The zero-order valence-corrected chi connectivity index (χ0v) is 11.1. The lowest BCUT2D eigenvalue weighted by molar-refractivity contribution is 0.386. The Morgan fingerprint density at radius 1 is 1.25 bits per heavy atom. The molecule has 1 unspecified atom stereocenters. The van der Waals surface area contributed by atoms with Crippen molar-refractivity contribution in [3.05, 3.63) is 59.9 Å². The maximum atomic E-state index is 13.7. The van der Waals surface area contributed by atoms with Crippen LogP contribution in [0.15, 0.2) is 48.5 Å². The first-order valence-corrected chi connectivity index (χ1v) is 6.26. The Bertz CT molecular complexity index is 608. The zero-order valence-electron chi connectivity index (χ0n) is 11.1. The highest BCUT2D eigenvalue weighted by Crippen LogP contribution is 2.26. The van der Waals surface area contributed by atoms with Gasteiger partial charge < -0.3 is 10.1 Å². The molecule has 4 heteroatoms. The summed E-state index contributed by atoms with van der Waals surface area (Å²) in [5.41, 5.74) is 1.61. The summed E-state index contributed by atoms with van der Waals surface area (Å²) in [6.07, 6.45) is 0.303. The van der Waals surface area contributed by atoms with Crippen LogP contribution in [0, 0.1) is 17.1 Å². The Labute approximate surface area is 117 Å². The molecule has 3 nitrogen and oxygen atoms in total. The normalized spacial score (nSPS) is 11.4. The number of methoxy groups -OCH3 is 1. The molecule has 0 aliphatic carbocycles. The first-order valence-electron chi connectivity index (χ1n) is 6.26. The van der Waals surface area contributed by atoms with Crippen LogP contribution in [-0.4, -0.2) is 7.11 Å². The molecule has 1 N–H and O–H groups in total. The molecule has 1 atom stereocenters.